The van der Waals surface area contributed by atoms with Gasteiger partial charge in [0.1, 0.15) is 0 Å². The van der Waals surface area contributed by atoms with Crippen molar-refractivity contribution in [1.29, 1.82) is 0 Å². The largest absolute Gasteiger partial charge is 0.341 e. The molecule has 0 saturated heterocycles. The second-order valence-corrected chi connectivity index (χ2v) is 4.69. The van der Waals surface area contributed by atoms with Crippen molar-refractivity contribution in [1.82, 2.24) is 15.0 Å². The molecule has 0 saturated carbocycles. The molecule has 4 nitrogen and oxygen atoms in total. The lowest BCUT2D eigenvalue weighted by Crippen LogP contribution is -2.24. The number of anilines is 1. The van der Waals surface area contributed by atoms with E-state index in [0.29, 0.717) is 16.8 Å². The summed E-state index contributed by atoms with van der Waals surface area (Å²) in [5, 5.41) is 0.824. The number of rotatable bonds is 4. The Bertz CT molecular complexity index is 570. The fourth-order valence-electron chi connectivity index (χ4n) is 1.74. The zero-order valence-corrected chi connectivity index (χ0v) is 12.3. The summed E-state index contributed by atoms with van der Waals surface area (Å²) in [5.74, 6) is 1.12. The third kappa shape index (κ3) is 3.33. The normalized spacial score (nSPS) is 10.5. The van der Waals surface area contributed by atoms with Crippen LogP contribution in [0.25, 0.3) is 11.4 Å². The molecule has 1 aromatic carbocycles. The maximum Gasteiger partial charge on any atom is 0.230 e. The first-order chi connectivity index (χ1) is 9.13. The monoisotopic (exact) mass is 296 g/mol. The molecule has 0 unspecified atom stereocenters. The molecule has 0 radical (unpaired) electrons. The minimum atomic E-state index is 0.187. The van der Waals surface area contributed by atoms with Crippen molar-refractivity contribution in [2.45, 2.75) is 13.8 Å². The summed E-state index contributed by atoms with van der Waals surface area (Å²) >= 11 is 12.0. The van der Waals surface area contributed by atoms with Crippen LogP contribution < -0.4 is 4.90 Å². The lowest BCUT2D eigenvalue weighted by molar-refractivity contribution is 0.813. The topological polar surface area (TPSA) is 41.9 Å². The van der Waals surface area contributed by atoms with E-state index in [0.717, 1.165) is 18.7 Å². The molecule has 6 heteroatoms. The fraction of sp³-hybridized carbons (Fsp3) is 0.308. The number of hydrogen-bond acceptors (Lipinski definition) is 4. The predicted octanol–water partition coefficient (Wildman–Crippen LogP) is 3.69. The molecular formula is C13H14Cl2N4. The molecule has 0 fully saturated rings. The molecule has 0 aliphatic heterocycles. The molecule has 2 rings (SSSR count). The Morgan fingerprint density at radius 1 is 1.05 bits per heavy atom. The van der Waals surface area contributed by atoms with Gasteiger partial charge in [-0.15, -0.1) is 0 Å². The molecule has 1 aromatic heterocycles. The Morgan fingerprint density at radius 3 is 2.42 bits per heavy atom. The second-order valence-electron chi connectivity index (χ2n) is 3.91. The average molecular weight is 297 g/mol. The van der Waals surface area contributed by atoms with E-state index in [4.69, 9.17) is 23.2 Å². The standard InChI is InChI=1S/C13H14Cl2N4/c1-3-19(4-2)13-17-11(16-12(15)18-13)9-6-5-7-10(14)8-9/h5-8H,3-4H2,1-2H3. The molecule has 0 bridgehead atoms. The summed E-state index contributed by atoms with van der Waals surface area (Å²) in [6, 6.07) is 7.36. The van der Waals surface area contributed by atoms with E-state index in [9.17, 15) is 0 Å². The molecule has 0 amide bonds. The summed E-state index contributed by atoms with van der Waals surface area (Å²) in [6.45, 7) is 5.71. The maximum atomic E-state index is 5.98. The minimum Gasteiger partial charge on any atom is -0.341 e. The molecule has 19 heavy (non-hydrogen) atoms. The van der Waals surface area contributed by atoms with E-state index < -0.39 is 0 Å². The van der Waals surface area contributed by atoms with Crippen LogP contribution in [-0.4, -0.2) is 28.0 Å². The van der Waals surface area contributed by atoms with Crippen LogP contribution in [0.5, 0.6) is 0 Å². The van der Waals surface area contributed by atoms with Gasteiger partial charge in [-0.3, -0.25) is 0 Å². The van der Waals surface area contributed by atoms with Crippen molar-refractivity contribution in [3.8, 4) is 11.4 Å². The highest BCUT2D eigenvalue weighted by atomic mass is 35.5. The second kappa shape index (κ2) is 6.17. The Labute approximate surface area is 122 Å². The van der Waals surface area contributed by atoms with Crippen molar-refractivity contribution >= 4 is 29.2 Å². The van der Waals surface area contributed by atoms with E-state index >= 15 is 0 Å². The summed E-state index contributed by atoms with van der Waals surface area (Å²) in [7, 11) is 0. The van der Waals surface area contributed by atoms with Crippen LogP contribution in [0.2, 0.25) is 10.3 Å². The lowest BCUT2D eigenvalue weighted by Gasteiger charge is -2.18. The minimum absolute atomic E-state index is 0.187. The summed E-state index contributed by atoms with van der Waals surface area (Å²) in [4.78, 5) is 14.8. The van der Waals surface area contributed by atoms with Gasteiger partial charge in [-0.1, -0.05) is 23.7 Å². The number of hydrogen-bond donors (Lipinski definition) is 0. The number of aromatic nitrogens is 3. The number of halogens is 2. The smallest absolute Gasteiger partial charge is 0.230 e. The van der Waals surface area contributed by atoms with Crippen LogP contribution in [-0.2, 0) is 0 Å². The van der Waals surface area contributed by atoms with Gasteiger partial charge in [0.25, 0.3) is 0 Å². The van der Waals surface area contributed by atoms with Crippen molar-refractivity contribution < 1.29 is 0 Å². The molecule has 1 heterocycles. The first-order valence-electron chi connectivity index (χ1n) is 6.06. The van der Waals surface area contributed by atoms with Crippen molar-refractivity contribution in [3.05, 3.63) is 34.6 Å². The third-order valence-electron chi connectivity index (χ3n) is 2.73. The maximum absolute atomic E-state index is 5.98. The quantitative estimate of drug-likeness (QED) is 0.863. The highest BCUT2D eigenvalue weighted by molar-refractivity contribution is 6.30. The van der Waals surface area contributed by atoms with Gasteiger partial charge < -0.3 is 4.90 Å². The molecular weight excluding hydrogens is 283 g/mol. The van der Waals surface area contributed by atoms with Gasteiger partial charge in [0.2, 0.25) is 11.2 Å². The summed E-state index contributed by atoms with van der Waals surface area (Å²) in [5.41, 5.74) is 0.824. The Morgan fingerprint density at radius 2 is 1.79 bits per heavy atom. The van der Waals surface area contributed by atoms with E-state index in [1.54, 1.807) is 12.1 Å². The van der Waals surface area contributed by atoms with E-state index in [1.807, 2.05) is 30.9 Å². The van der Waals surface area contributed by atoms with E-state index in [2.05, 4.69) is 15.0 Å². The van der Waals surface area contributed by atoms with E-state index in [-0.39, 0.29) is 5.28 Å². The molecule has 2 aromatic rings. The van der Waals surface area contributed by atoms with Crippen molar-refractivity contribution in [3.63, 3.8) is 0 Å². The van der Waals surface area contributed by atoms with Gasteiger partial charge in [-0.05, 0) is 37.6 Å². The average Bonchev–Trinajstić information content (AvgIpc) is 2.39. The van der Waals surface area contributed by atoms with Gasteiger partial charge >= 0.3 is 0 Å². The van der Waals surface area contributed by atoms with Gasteiger partial charge in [0, 0.05) is 23.7 Å². The SMILES string of the molecule is CCN(CC)c1nc(Cl)nc(-c2cccc(Cl)c2)n1. The lowest BCUT2D eigenvalue weighted by atomic mass is 10.2. The predicted molar refractivity (Wildman–Crippen MR) is 78.8 cm³/mol. The van der Waals surface area contributed by atoms with Crippen molar-refractivity contribution in [2.24, 2.45) is 0 Å². The highest BCUT2D eigenvalue weighted by Crippen LogP contribution is 2.22. The zero-order valence-electron chi connectivity index (χ0n) is 10.8. The first kappa shape index (κ1) is 14.0. The van der Waals surface area contributed by atoms with Crippen LogP contribution in [0.3, 0.4) is 0 Å². The van der Waals surface area contributed by atoms with Crippen LogP contribution in [0.4, 0.5) is 5.95 Å². The van der Waals surface area contributed by atoms with E-state index in [1.165, 1.54) is 0 Å². The van der Waals surface area contributed by atoms with Crippen LogP contribution in [0.15, 0.2) is 24.3 Å². The van der Waals surface area contributed by atoms with Gasteiger partial charge in [0.05, 0.1) is 0 Å². The Kier molecular flexibility index (Phi) is 4.56. The first-order valence-corrected chi connectivity index (χ1v) is 6.82. The molecule has 100 valence electrons. The highest BCUT2D eigenvalue weighted by Gasteiger charge is 2.11. The van der Waals surface area contributed by atoms with Crippen LogP contribution in [0.1, 0.15) is 13.8 Å². The van der Waals surface area contributed by atoms with Gasteiger partial charge in [-0.25, -0.2) is 0 Å². The summed E-state index contributed by atoms with van der Waals surface area (Å²) in [6.07, 6.45) is 0. The summed E-state index contributed by atoms with van der Waals surface area (Å²) < 4.78 is 0. The molecule has 0 spiro atoms. The molecule has 0 N–H and O–H groups in total. The number of benzene rings is 1. The number of nitrogens with zero attached hydrogens (tertiary/aromatic N) is 4. The van der Waals surface area contributed by atoms with Crippen LogP contribution in [0, 0.1) is 0 Å². The molecule has 0 aliphatic rings. The third-order valence-corrected chi connectivity index (χ3v) is 3.13. The zero-order chi connectivity index (χ0) is 13.8. The Balaban J connectivity index is 2.47. The Hall–Kier alpha value is -1.39. The van der Waals surface area contributed by atoms with Crippen molar-refractivity contribution in [2.75, 3.05) is 18.0 Å². The molecule has 0 aliphatic carbocycles. The van der Waals surface area contributed by atoms with Crippen LogP contribution >= 0.6 is 23.2 Å². The van der Waals surface area contributed by atoms with Gasteiger partial charge in [0.15, 0.2) is 5.82 Å². The molecule has 0 atom stereocenters. The fourth-order valence-corrected chi connectivity index (χ4v) is 2.09. The van der Waals surface area contributed by atoms with Gasteiger partial charge in [-0.2, -0.15) is 15.0 Å².